The van der Waals surface area contributed by atoms with Crippen LogP contribution in [0.4, 0.5) is 36.4 Å². The molecule has 2 aromatic rings. The Hall–Kier alpha value is -2.87. The van der Waals surface area contributed by atoms with Crippen LogP contribution in [0.15, 0.2) is 47.4 Å². The number of halogens is 7. The van der Waals surface area contributed by atoms with E-state index in [0.29, 0.717) is 12.1 Å². The highest BCUT2D eigenvalue weighted by Gasteiger charge is 2.45. The second-order valence-corrected chi connectivity index (χ2v) is 9.91. The quantitative estimate of drug-likeness (QED) is 0.599. The van der Waals surface area contributed by atoms with Crippen LogP contribution in [0.5, 0.6) is 0 Å². The summed E-state index contributed by atoms with van der Waals surface area (Å²) in [5, 5.41) is 0. The van der Waals surface area contributed by atoms with Crippen molar-refractivity contribution in [1.82, 2.24) is 4.31 Å². The van der Waals surface area contributed by atoms with E-state index in [4.69, 9.17) is 5.73 Å². The Labute approximate surface area is 196 Å². The van der Waals surface area contributed by atoms with Crippen molar-refractivity contribution < 1.29 is 43.9 Å². The third-order valence-corrected chi connectivity index (χ3v) is 7.59. The lowest BCUT2D eigenvalue weighted by Gasteiger charge is -2.40. The molecule has 0 radical (unpaired) electrons. The van der Waals surface area contributed by atoms with Gasteiger partial charge >= 0.3 is 12.4 Å². The number of nitrogens with two attached hydrogens (primary N) is 1. The van der Waals surface area contributed by atoms with E-state index < -0.39 is 62.1 Å². The van der Waals surface area contributed by atoms with Crippen LogP contribution in [0.2, 0.25) is 0 Å². The van der Waals surface area contributed by atoms with E-state index in [1.54, 1.807) is 0 Å². The molecule has 192 valence electrons. The molecule has 6 nitrogen and oxygen atoms in total. The van der Waals surface area contributed by atoms with Gasteiger partial charge in [0.2, 0.25) is 15.9 Å². The van der Waals surface area contributed by atoms with E-state index in [9.17, 15) is 43.9 Å². The number of benzene rings is 2. The average molecular weight is 527 g/mol. The molecule has 1 fully saturated rings. The minimum atomic E-state index is -5.04. The maximum atomic E-state index is 13.4. The van der Waals surface area contributed by atoms with Crippen LogP contribution in [0.3, 0.4) is 0 Å². The zero-order valence-corrected chi connectivity index (χ0v) is 18.9. The fourth-order valence-electron chi connectivity index (χ4n) is 4.03. The van der Waals surface area contributed by atoms with Crippen molar-refractivity contribution in [3.05, 3.63) is 59.4 Å². The molecule has 2 aromatic carbocycles. The summed E-state index contributed by atoms with van der Waals surface area (Å²) in [5.41, 5.74) is 2.69. The fraction of sp³-hybridized carbons (Fsp3) is 0.381. The zero-order valence-electron chi connectivity index (χ0n) is 18.1. The summed E-state index contributed by atoms with van der Waals surface area (Å²) >= 11 is 0. The highest BCUT2D eigenvalue weighted by Crippen LogP contribution is 2.39. The van der Waals surface area contributed by atoms with E-state index in [1.807, 2.05) is 0 Å². The lowest BCUT2D eigenvalue weighted by molar-refractivity contribution is -0.162. The number of piperazine rings is 1. The van der Waals surface area contributed by atoms with E-state index >= 15 is 0 Å². The Balaban J connectivity index is 1.90. The first-order valence-corrected chi connectivity index (χ1v) is 11.6. The molecule has 1 amide bonds. The molecular weight excluding hydrogens is 507 g/mol. The van der Waals surface area contributed by atoms with Crippen LogP contribution in [0, 0.1) is 5.82 Å². The lowest BCUT2D eigenvalue weighted by Crippen LogP contribution is -2.54. The highest BCUT2D eigenvalue weighted by atomic mass is 32.2. The van der Waals surface area contributed by atoms with Crippen molar-refractivity contribution in [3.8, 4) is 0 Å². The Morgan fingerprint density at radius 2 is 1.71 bits per heavy atom. The summed E-state index contributed by atoms with van der Waals surface area (Å²) in [6, 6.07) is 5.00. The van der Waals surface area contributed by atoms with E-state index in [0.717, 1.165) is 34.6 Å². The Morgan fingerprint density at radius 3 is 2.26 bits per heavy atom. The number of alkyl halides is 6. The molecule has 0 spiro atoms. The van der Waals surface area contributed by atoms with Gasteiger partial charge < -0.3 is 10.6 Å². The predicted octanol–water partition coefficient (Wildman–Crippen LogP) is 3.88. The third-order valence-electron chi connectivity index (χ3n) is 5.58. The van der Waals surface area contributed by atoms with Crippen LogP contribution in [0.25, 0.3) is 0 Å². The molecule has 0 bridgehead atoms. The predicted molar refractivity (Wildman–Crippen MR) is 111 cm³/mol. The minimum absolute atomic E-state index is 0.190. The number of anilines is 1. The first-order chi connectivity index (χ1) is 16.0. The van der Waals surface area contributed by atoms with Crippen LogP contribution in [-0.4, -0.2) is 50.5 Å². The zero-order chi connectivity index (χ0) is 26.3. The van der Waals surface area contributed by atoms with Gasteiger partial charge in [0, 0.05) is 31.4 Å². The van der Waals surface area contributed by atoms with E-state index in [-0.39, 0.29) is 25.3 Å². The summed E-state index contributed by atoms with van der Waals surface area (Å²) in [7, 11) is -4.38. The molecule has 2 unspecified atom stereocenters. The van der Waals surface area contributed by atoms with Crippen molar-refractivity contribution in [1.29, 1.82) is 0 Å². The van der Waals surface area contributed by atoms with Crippen molar-refractivity contribution in [2.24, 2.45) is 5.73 Å². The van der Waals surface area contributed by atoms with Crippen molar-refractivity contribution in [3.63, 3.8) is 0 Å². The number of carbonyl (C=O) groups is 1. The lowest BCUT2D eigenvalue weighted by atomic mass is 9.98. The monoisotopic (exact) mass is 527 g/mol. The Bertz CT molecular complexity index is 1220. The molecule has 1 saturated heterocycles. The standard InChI is InChI=1S/C21H20F7N3O3S/c1-12-11-30(17-6-5-14(22)10-16(17)20(23,24)25)7-8-31(12)35(33,34)15-4-2-3-13(9-15)18(19(29)32)21(26,27)28/h2-6,9-10,12,18H,7-8,11H2,1H3,(H2,29,32). The highest BCUT2D eigenvalue weighted by molar-refractivity contribution is 7.89. The number of hydrogen-bond acceptors (Lipinski definition) is 4. The number of carbonyl (C=O) groups excluding carboxylic acids is 1. The number of nitrogens with zero attached hydrogens (tertiary/aromatic N) is 2. The van der Waals surface area contributed by atoms with Crippen molar-refractivity contribution in [2.45, 2.75) is 36.1 Å². The van der Waals surface area contributed by atoms with Crippen LogP contribution >= 0.6 is 0 Å². The molecule has 0 saturated carbocycles. The summed E-state index contributed by atoms with van der Waals surface area (Å²) < 4.78 is 121. The summed E-state index contributed by atoms with van der Waals surface area (Å²) in [6.45, 7) is 0.748. The Morgan fingerprint density at radius 1 is 1.06 bits per heavy atom. The SMILES string of the molecule is CC1CN(c2ccc(F)cc2C(F)(F)F)CCN1S(=O)(=O)c1cccc(C(C(N)=O)C(F)(F)F)c1. The van der Waals surface area contributed by atoms with Gasteiger partial charge in [0.15, 0.2) is 5.92 Å². The van der Waals surface area contributed by atoms with Crippen molar-refractivity contribution >= 4 is 21.6 Å². The molecule has 3 rings (SSSR count). The number of rotatable bonds is 5. The molecule has 0 aromatic heterocycles. The summed E-state index contributed by atoms with van der Waals surface area (Å²) in [5.74, 6) is -5.50. The normalized spacial score (nSPS) is 19.0. The summed E-state index contributed by atoms with van der Waals surface area (Å²) in [4.78, 5) is 12.1. The maximum absolute atomic E-state index is 13.4. The summed E-state index contributed by atoms with van der Waals surface area (Å²) in [6.07, 6.45) is -9.89. The third kappa shape index (κ3) is 5.53. The van der Waals surface area contributed by atoms with Gasteiger partial charge in [-0.1, -0.05) is 12.1 Å². The van der Waals surface area contributed by atoms with Gasteiger partial charge in [0.25, 0.3) is 0 Å². The van der Waals surface area contributed by atoms with E-state index in [2.05, 4.69) is 0 Å². The molecule has 35 heavy (non-hydrogen) atoms. The molecule has 1 aliphatic heterocycles. The van der Waals surface area contributed by atoms with Gasteiger partial charge in [-0.3, -0.25) is 4.79 Å². The first kappa shape index (κ1) is 26.7. The molecule has 1 aliphatic rings. The largest absolute Gasteiger partial charge is 0.418 e. The minimum Gasteiger partial charge on any atom is -0.369 e. The van der Waals surface area contributed by atoms with Gasteiger partial charge in [-0.2, -0.15) is 30.6 Å². The number of sulfonamides is 1. The maximum Gasteiger partial charge on any atom is 0.418 e. The van der Waals surface area contributed by atoms with Crippen LogP contribution < -0.4 is 10.6 Å². The number of primary amides is 1. The fourth-order valence-corrected chi connectivity index (χ4v) is 5.70. The molecule has 0 aliphatic carbocycles. The van der Waals surface area contributed by atoms with Gasteiger partial charge in [-0.15, -0.1) is 0 Å². The van der Waals surface area contributed by atoms with E-state index in [1.165, 1.54) is 11.8 Å². The second-order valence-electron chi connectivity index (χ2n) is 8.02. The molecular formula is C21H20F7N3O3S. The van der Waals surface area contributed by atoms with Crippen LogP contribution in [0.1, 0.15) is 24.0 Å². The van der Waals surface area contributed by atoms with Gasteiger partial charge in [0.05, 0.1) is 10.5 Å². The smallest absolute Gasteiger partial charge is 0.369 e. The van der Waals surface area contributed by atoms with Gasteiger partial charge in [-0.25, -0.2) is 12.8 Å². The number of amides is 1. The van der Waals surface area contributed by atoms with Crippen LogP contribution in [-0.2, 0) is 21.0 Å². The van der Waals surface area contributed by atoms with Gasteiger partial charge in [-0.05, 0) is 42.8 Å². The first-order valence-electron chi connectivity index (χ1n) is 10.1. The second kappa shape index (κ2) is 9.30. The molecule has 2 N–H and O–H groups in total. The molecule has 1 heterocycles. The topological polar surface area (TPSA) is 83.7 Å². The molecule has 2 atom stereocenters. The Kier molecular flexibility index (Phi) is 7.10. The molecule has 14 heteroatoms. The average Bonchev–Trinajstić information content (AvgIpc) is 2.71. The van der Waals surface area contributed by atoms with Crippen molar-refractivity contribution in [2.75, 3.05) is 24.5 Å². The number of hydrogen-bond donors (Lipinski definition) is 1. The van der Waals surface area contributed by atoms with Gasteiger partial charge in [0.1, 0.15) is 5.82 Å².